The number of allylic oxidation sites excluding steroid dienone is 2. The van der Waals surface area contributed by atoms with Crippen LogP contribution in [0.1, 0.15) is 12.8 Å². The van der Waals surface area contributed by atoms with Crippen molar-refractivity contribution in [3.63, 3.8) is 0 Å². The summed E-state index contributed by atoms with van der Waals surface area (Å²) in [6.45, 7) is 3.66. The van der Waals surface area contributed by atoms with Crippen LogP contribution >= 0.6 is 0 Å². The summed E-state index contributed by atoms with van der Waals surface area (Å²) < 4.78 is 0. The molecule has 68 valence electrons. The second-order valence-corrected chi connectivity index (χ2v) is 2.78. The molecule has 0 amide bonds. The molecule has 1 N–H and O–H groups in total. The molecule has 1 rings (SSSR count). The van der Waals surface area contributed by atoms with Crippen LogP contribution in [0, 0.1) is 0 Å². The first-order valence-electron chi connectivity index (χ1n) is 4.51. The smallest absolute Gasteiger partial charge is 0.0379 e. The van der Waals surface area contributed by atoms with Gasteiger partial charge in [0.25, 0.3) is 0 Å². The van der Waals surface area contributed by atoms with Crippen molar-refractivity contribution in [1.29, 1.82) is 0 Å². The minimum atomic E-state index is 1.03. The largest absolute Gasteiger partial charge is 0.362 e. The average Bonchev–Trinajstić information content (AvgIpc) is 2.19. The summed E-state index contributed by atoms with van der Waals surface area (Å²) >= 11 is 0. The van der Waals surface area contributed by atoms with Crippen LogP contribution in [0.2, 0.25) is 0 Å². The fourth-order valence-electron chi connectivity index (χ4n) is 0.987. The molecule has 0 saturated heterocycles. The van der Waals surface area contributed by atoms with Gasteiger partial charge in [-0.15, -0.1) is 6.58 Å². The molecule has 1 heteroatoms. The van der Waals surface area contributed by atoms with Crippen LogP contribution in [-0.4, -0.2) is 0 Å². The lowest BCUT2D eigenvalue weighted by Gasteiger charge is -1.97. The van der Waals surface area contributed by atoms with Crippen molar-refractivity contribution in [1.82, 2.24) is 0 Å². The first-order chi connectivity index (χ1) is 6.43. The van der Waals surface area contributed by atoms with Gasteiger partial charge in [-0.1, -0.05) is 30.4 Å². The number of unbranched alkanes of at least 4 members (excludes halogenated alkanes) is 1. The van der Waals surface area contributed by atoms with E-state index in [1.165, 1.54) is 0 Å². The highest BCUT2D eigenvalue weighted by Crippen LogP contribution is 2.04. The van der Waals surface area contributed by atoms with E-state index < -0.39 is 0 Å². The molecule has 0 unspecified atom stereocenters. The molecule has 0 bridgehead atoms. The van der Waals surface area contributed by atoms with Crippen molar-refractivity contribution >= 4 is 5.69 Å². The predicted molar refractivity (Wildman–Crippen MR) is 58.6 cm³/mol. The Kier molecular flexibility index (Phi) is 4.47. The molecular formula is C12H15N. The summed E-state index contributed by atoms with van der Waals surface area (Å²) in [5.74, 6) is 0. The molecule has 1 nitrogen and oxygen atoms in total. The summed E-state index contributed by atoms with van der Waals surface area (Å²) in [7, 11) is 0. The van der Waals surface area contributed by atoms with Crippen molar-refractivity contribution in [2.45, 2.75) is 12.8 Å². The van der Waals surface area contributed by atoms with E-state index in [2.05, 4.69) is 18.0 Å². The Morgan fingerprint density at radius 3 is 2.62 bits per heavy atom. The lowest BCUT2D eigenvalue weighted by Crippen LogP contribution is -1.85. The van der Waals surface area contributed by atoms with Gasteiger partial charge in [0, 0.05) is 5.69 Å². The van der Waals surface area contributed by atoms with Gasteiger partial charge in [-0.25, -0.2) is 0 Å². The molecule has 0 heterocycles. The number of hydrogen-bond acceptors (Lipinski definition) is 1. The lowest BCUT2D eigenvalue weighted by atomic mass is 10.3. The highest BCUT2D eigenvalue weighted by Gasteiger charge is 1.82. The second kappa shape index (κ2) is 6.06. The molecule has 13 heavy (non-hydrogen) atoms. The zero-order valence-electron chi connectivity index (χ0n) is 7.74. The van der Waals surface area contributed by atoms with Crippen molar-refractivity contribution in [3.8, 4) is 0 Å². The van der Waals surface area contributed by atoms with Crippen LogP contribution in [0.5, 0.6) is 0 Å². The maximum atomic E-state index is 3.66. The standard InChI is InChI=1S/C12H15N/c1-2-3-4-8-11-13-12-9-6-5-7-10-12/h2,5-11,13H,1,3-4H2/b11-8+. The van der Waals surface area contributed by atoms with E-state index in [1.807, 2.05) is 42.6 Å². The monoisotopic (exact) mass is 173 g/mol. The van der Waals surface area contributed by atoms with Crippen LogP contribution in [0.4, 0.5) is 5.69 Å². The van der Waals surface area contributed by atoms with Crippen molar-refractivity contribution in [3.05, 3.63) is 55.3 Å². The van der Waals surface area contributed by atoms with Crippen LogP contribution < -0.4 is 5.32 Å². The van der Waals surface area contributed by atoms with E-state index in [0.717, 1.165) is 18.5 Å². The topological polar surface area (TPSA) is 12.0 Å². The molecule has 0 fully saturated rings. The zero-order valence-corrected chi connectivity index (χ0v) is 7.74. The maximum absolute atomic E-state index is 3.66. The molecule has 0 atom stereocenters. The van der Waals surface area contributed by atoms with Gasteiger partial charge in [0.1, 0.15) is 0 Å². The number of benzene rings is 1. The van der Waals surface area contributed by atoms with E-state index in [-0.39, 0.29) is 0 Å². The lowest BCUT2D eigenvalue weighted by molar-refractivity contribution is 1.05. The summed E-state index contributed by atoms with van der Waals surface area (Å²) in [5.41, 5.74) is 1.12. The third-order valence-corrected chi connectivity index (χ3v) is 1.68. The Hall–Kier alpha value is -1.50. The predicted octanol–water partition coefficient (Wildman–Crippen LogP) is 3.58. The number of nitrogens with one attached hydrogen (secondary N) is 1. The minimum absolute atomic E-state index is 1.03. The molecule has 0 aliphatic carbocycles. The molecule has 0 radical (unpaired) electrons. The molecule has 0 aromatic heterocycles. The molecular weight excluding hydrogens is 158 g/mol. The third-order valence-electron chi connectivity index (χ3n) is 1.68. The van der Waals surface area contributed by atoms with Gasteiger partial charge >= 0.3 is 0 Å². The maximum Gasteiger partial charge on any atom is 0.0379 e. The van der Waals surface area contributed by atoms with Gasteiger partial charge in [0.2, 0.25) is 0 Å². The average molecular weight is 173 g/mol. The number of rotatable bonds is 5. The quantitative estimate of drug-likeness (QED) is 0.530. The molecule has 0 aliphatic rings. The summed E-state index contributed by atoms with van der Waals surface area (Å²) in [6, 6.07) is 10.1. The molecule has 0 saturated carbocycles. The Morgan fingerprint density at radius 1 is 1.15 bits per heavy atom. The first kappa shape index (κ1) is 9.59. The van der Waals surface area contributed by atoms with E-state index in [4.69, 9.17) is 0 Å². The molecule has 1 aromatic rings. The van der Waals surface area contributed by atoms with Gasteiger partial charge < -0.3 is 5.32 Å². The number of hydrogen-bond donors (Lipinski definition) is 1. The van der Waals surface area contributed by atoms with Gasteiger partial charge in [-0.05, 0) is 31.2 Å². The van der Waals surface area contributed by atoms with Crippen LogP contribution in [0.15, 0.2) is 55.3 Å². The van der Waals surface area contributed by atoms with E-state index in [0.29, 0.717) is 0 Å². The van der Waals surface area contributed by atoms with Gasteiger partial charge in [0.15, 0.2) is 0 Å². The summed E-state index contributed by atoms with van der Waals surface area (Å²) in [6.07, 6.45) is 8.08. The first-order valence-corrected chi connectivity index (χ1v) is 4.51. The van der Waals surface area contributed by atoms with Crippen LogP contribution in [-0.2, 0) is 0 Å². The van der Waals surface area contributed by atoms with Crippen LogP contribution in [0.3, 0.4) is 0 Å². The molecule has 0 aliphatic heterocycles. The Labute approximate surface area is 79.8 Å². The minimum Gasteiger partial charge on any atom is -0.362 e. The SMILES string of the molecule is C=CCC/C=C/Nc1ccccc1. The number of para-hydroxylation sites is 1. The Bertz CT molecular complexity index is 262. The van der Waals surface area contributed by atoms with E-state index in [1.54, 1.807) is 0 Å². The molecule has 1 aromatic carbocycles. The van der Waals surface area contributed by atoms with Crippen molar-refractivity contribution in [2.24, 2.45) is 0 Å². The fourth-order valence-corrected chi connectivity index (χ4v) is 0.987. The third kappa shape index (κ3) is 4.16. The van der Waals surface area contributed by atoms with Crippen molar-refractivity contribution < 1.29 is 0 Å². The van der Waals surface area contributed by atoms with Crippen LogP contribution in [0.25, 0.3) is 0 Å². The highest BCUT2D eigenvalue weighted by molar-refractivity contribution is 5.44. The van der Waals surface area contributed by atoms with Gasteiger partial charge in [0.05, 0.1) is 0 Å². The number of anilines is 1. The highest BCUT2D eigenvalue weighted by atomic mass is 14.8. The van der Waals surface area contributed by atoms with E-state index >= 15 is 0 Å². The van der Waals surface area contributed by atoms with Gasteiger partial charge in [-0.3, -0.25) is 0 Å². The normalized spacial score (nSPS) is 10.2. The molecule has 0 spiro atoms. The van der Waals surface area contributed by atoms with E-state index in [9.17, 15) is 0 Å². The summed E-state index contributed by atoms with van der Waals surface area (Å²) in [4.78, 5) is 0. The second-order valence-electron chi connectivity index (χ2n) is 2.78. The zero-order chi connectivity index (χ0) is 9.36. The van der Waals surface area contributed by atoms with Gasteiger partial charge in [-0.2, -0.15) is 0 Å². The Balaban J connectivity index is 2.26. The van der Waals surface area contributed by atoms with Crippen molar-refractivity contribution in [2.75, 3.05) is 5.32 Å². The Morgan fingerprint density at radius 2 is 1.92 bits per heavy atom. The summed E-state index contributed by atoms with van der Waals surface area (Å²) in [5, 5.41) is 3.19. The fraction of sp³-hybridized carbons (Fsp3) is 0.167.